The summed E-state index contributed by atoms with van der Waals surface area (Å²) < 4.78 is 246. The highest BCUT2D eigenvalue weighted by atomic mass is 32.5. The van der Waals surface area contributed by atoms with Gasteiger partial charge in [-0.3, -0.25) is 14.2 Å². The second-order valence-electron chi connectivity index (χ2n) is 35.4. The maximum absolute atomic E-state index is 13.4. The molecule has 0 bridgehead atoms. The minimum absolute atomic E-state index is 0.0266. The molecule has 150 heavy (non-hydrogen) atoms. The molecule has 20 radical (unpaired) electrons. The van der Waals surface area contributed by atoms with E-state index in [0.29, 0.717) is 91.1 Å². The topological polar surface area (TPSA) is 590 Å². The fraction of sp³-hybridized carbons (Fsp3) is 0.951. The van der Waals surface area contributed by atoms with Crippen LogP contribution in [-0.2, 0) is 185 Å². The Morgan fingerprint density at radius 1 is 0.453 bits per heavy atom. The number of hydrogen-bond acceptors (Lipinski definition) is 46. The Kier molecular flexibility index (Phi) is 77.5. The van der Waals surface area contributed by atoms with Crippen molar-refractivity contribution < 1.29 is 211 Å². The third-order valence-electron chi connectivity index (χ3n) is 21.9. The number of methoxy groups -OCH3 is 13. The molecule has 8 aliphatic heterocycles. The number of carbonyl (C=O) groups is 2. The van der Waals surface area contributed by atoms with E-state index in [1.165, 1.54) is 68.3 Å². The van der Waals surface area contributed by atoms with Gasteiger partial charge in [0, 0.05) is 201 Å². The first-order chi connectivity index (χ1) is 69.8. The molecule has 0 saturated carbocycles. The molecule has 48 nitrogen and oxygen atoms in total. The van der Waals surface area contributed by atoms with Gasteiger partial charge in [0.1, 0.15) is 203 Å². The predicted molar refractivity (Wildman–Crippen MR) is 553 cm³/mol. The van der Waals surface area contributed by atoms with Gasteiger partial charge in [-0.2, -0.15) is 0 Å². The number of likely N-dealkylation sites (N-methyl/N-ethyl adjacent to an activating group) is 1. The van der Waals surface area contributed by atoms with Crippen molar-refractivity contribution in [3.05, 3.63) is 12.2 Å². The summed E-state index contributed by atoms with van der Waals surface area (Å²) in [4.78, 5) is 90.2. The number of alkyl halides is 2. The van der Waals surface area contributed by atoms with Crippen molar-refractivity contribution in [3.8, 4) is 0 Å². The van der Waals surface area contributed by atoms with Crippen LogP contribution in [0.3, 0.4) is 0 Å². The first-order valence-electron chi connectivity index (χ1n) is 47.2. The number of nitrogens with one attached hydrogen (secondary N) is 1. The van der Waals surface area contributed by atoms with E-state index in [1.807, 2.05) is 10.7 Å². The van der Waals surface area contributed by atoms with Crippen molar-refractivity contribution >= 4 is 154 Å². The molecular formula is C82H154B10F2N5O43P7S-6. The van der Waals surface area contributed by atoms with Gasteiger partial charge in [0.05, 0.1) is 133 Å². The molecule has 856 valence electrons. The molecule has 8 heterocycles. The molecule has 8 saturated heterocycles. The third kappa shape index (κ3) is 61.4. The Morgan fingerprint density at radius 3 is 1.21 bits per heavy atom. The van der Waals surface area contributed by atoms with Crippen LogP contribution in [0.15, 0.2) is 12.2 Å². The van der Waals surface area contributed by atoms with E-state index in [9.17, 15) is 75.1 Å². The van der Waals surface area contributed by atoms with Gasteiger partial charge in [0.2, 0.25) is 13.4 Å². The fourth-order valence-corrected chi connectivity index (χ4v) is 20.9. The maximum Gasteiger partial charge on any atom is 0.214 e. The fourth-order valence-electron chi connectivity index (χ4n) is 15.0. The van der Waals surface area contributed by atoms with Gasteiger partial charge in [-0.25, -0.2) is 18.1 Å². The molecule has 0 aromatic rings. The van der Waals surface area contributed by atoms with Crippen molar-refractivity contribution in [1.29, 1.82) is 0 Å². The molecule has 1 aliphatic carbocycles. The lowest BCUT2D eigenvalue weighted by molar-refractivity contribution is -0.206. The first kappa shape index (κ1) is 150. The number of Topliss-reactive ketones (excluding diaryl/α,β-unsaturated/α-hetero) is 1. The number of nitrogens with two attached hydrogens (primary N) is 1. The zero-order chi connectivity index (χ0) is 115. The van der Waals surface area contributed by atoms with E-state index in [-0.39, 0.29) is 112 Å². The van der Waals surface area contributed by atoms with E-state index >= 15 is 0 Å². The molecule has 18 unspecified atom stereocenters. The monoisotopic (exact) mass is 2290 g/mol. The second-order valence-corrected chi connectivity index (χ2v) is 50.9. The Bertz CT molecular complexity index is 3890. The standard InChI is InChI=1S/C10H21BNO6P.C10H20BO7P.C9H15BO2.C8H18BN2O3P.C8H15BN2O2.C8H16BO6P.C8H15BO3.2C7H13BFO5P.C7H14BO4PS/c1-15-6-7-8(18-19(2,13)14)9(10(11)17-7)16-5-3-4-12;1-14-4-5-16-9-8(18-19(3,12)13)7(6-15-2)17-10(9)11;1-11-6-7-3-4-8(10)5-9(7)12-2;1-10(2)15(4,12)11-5-7(9)14-8(6-11)13-3;1-7(12)6-11(4-3-10-2)8(13)5-9;1-12-4-5-6(15-16(3,10)11)7(13-2)8(9)14-5;1-10-5-8-7(11-2)3-6(9)4-12-8;2*1-12-3-4-6(14-15(2,10)11)5(9)7(8)13-4;1-10-4-6-5(3-7(8)11-6)12-13(2,9)14/h7-10H,3-6,12H2,1-2H3,(H,13,14);7-10H,4-6H2,1-3H3,(H,12,13);3-4,7-9H,5-6H2,1-2H3;7-8H,5-6H2,1-4H3;10H,3-6H2,1-2H3;5-8H,4H2,1-3H3,(H,10,11);6-8H,3-5H2,1-2H3;2*4-7H,3H2,1-2H3,(H,10,11);5-7H,3-4H2,1-2H3,(H,9,14)/p-6/t2*7-,8+,9?,10-;7?,8-,9?;;;5-,6+,7?,8-;6-,7?,8?;2*4-,5?,6+,7-;5-,6-,7-,13?/m110..11111/s1. The summed E-state index contributed by atoms with van der Waals surface area (Å²) in [7, 11) is 58.9. The Morgan fingerprint density at radius 2 is 0.847 bits per heavy atom. The molecule has 38 atom stereocenters. The summed E-state index contributed by atoms with van der Waals surface area (Å²) in [5, 5.41) is 2.90. The number of morpholine rings is 1. The van der Waals surface area contributed by atoms with Crippen molar-refractivity contribution in [2.45, 2.75) is 221 Å². The van der Waals surface area contributed by atoms with E-state index in [0.717, 1.165) is 46.2 Å². The molecule has 9 aliphatic rings. The number of carbonyl (C=O) groups excluding carboxylic acids is 2. The zero-order valence-corrected chi connectivity index (χ0v) is 97.4. The number of allylic oxidation sites excluding steroid dienone is 1. The van der Waals surface area contributed by atoms with Gasteiger partial charge >= 0.3 is 0 Å². The van der Waals surface area contributed by atoms with Crippen LogP contribution in [0.5, 0.6) is 0 Å². The average Bonchev–Trinajstić information content (AvgIpc) is 1.56. The van der Waals surface area contributed by atoms with E-state index in [1.54, 1.807) is 75.1 Å². The summed E-state index contributed by atoms with van der Waals surface area (Å²) in [5.74, 6) is 0.384. The lowest BCUT2D eigenvalue weighted by atomic mass is 9.75. The maximum atomic E-state index is 13.4. The highest BCUT2D eigenvalue weighted by Gasteiger charge is 2.50. The largest absolute Gasteiger partial charge is 0.801 e. The smallest absolute Gasteiger partial charge is 0.214 e. The minimum Gasteiger partial charge on any atom is -0.801 e. The molecule has 8 fully saturated rings. The Labute approximate surface area is 903 Å². The number of halogens is 2. The summed E-state index contributed by atoms with van der Waals surface area (Å²) in [5.41, 5.74) is 5.37. The average molecular weight is 2290 g/mol. The number of rotatable bonds is 48. The van der Waals surface area contributed by atoms with Crippen LogP contribution in [-0.4, -0.2) is 554 Å². The van der Waals surface area contributed by atoms with Gasteiger partial charge in [0.25, 0.3) is 0 Å². The Balaban J connectivity index is 0.00000165. The normalized spacial score (nSPS) is 34.2. The summed E-state index contributed by atoms with van der Waals surface area (Å²) in [6.07, 6.45) is -7.19. The molecule has 0 aromatic heterocycles. The number of nitrogens with zero attached hydrogens (tertiary/aromatic N) is 3. The Hall–Kier alpha value is -0.141. The van der Waals surface area contributed by atoms with Crippen LogP contribution in [0, 0.1) is 5.92 Å². The number of hydrogen-bond donors (Lipinski definition) is 2. The zero-order valence-electron chi connectivity index (χ0n) is 90.4. The van der Waals surface area contributed by atoms with Gasteiger partial charge in [-0.15, -0.1) is 0 Å². The molecule has 0 spiro atoms. The summed E-state index contributed by atoms with van der Waals surface area (Å²) >= 11 is 4.69. The van der Waals surface area contributed by atoms with Crippen molar-refractivity contribution in [1.82, 2.24) is 19.6 Å². The van der Waals surface area contributed by atoms with Crippen molar-refractivity contribution in [3.63, 3.8) is 0 Å². The van der Waals surface area contributed by atoms with Gasteiger partial charge in [-0.1, -0.05) is 35.6 Å². The van der Waals surface area contributed by atoms with Crippen LogP contribution in [0.4, 0.5) is 8.78 Å². The van der Waals surface area contributed by atoms with E-state index in [4.69, 9.17) is 223 Å². The molecule has 68 heteroatoms. The van der Waals surface area contributed by atoms with Crippen LogP contribution in [0.2, 0.25) is 18.0 Å². The SMILES string of the molecule is [B]C1CN(P(C)(=O)N(C)C)CC(OC)O1.[B]CC(=O)N(CCNC)CC(C)=O.[B][C@@H]1O[C@H](COC)[C@H](OP(C)(=O)[O-])C1F.[B][C@@H]1O[C@H](COC)[C@H](OP(C)(=O)[O-])C1F.[B][C@@H]1O[C@H](COC)[C@H](OP(C)(=O)[O-])C1OC.[B][C@@H]1O[C@H](COC)[C@H](OP(C)(=O)[O-])C1OCCCN.[B][C@@H]1O[C@H](COC)[C@H](OP(C)(=O)[O-])C1OCCOC.[B][C@H]1C=CC(COC)C(OC)C1.[B][C@H]1COC(COC)C(OC)C1.[B][C@H]1C[C@@H](OP(C)([O-])=S)[C@@H](COC)O1. The van der Waals surface area contributed by atoms with Crippen LogP contribution >= 0.6 is 51.9 Å². The molecule has 3 N–H and O–H groups in total. The quantitative estimate of drug-likeness (QED) is 0.0258. The molecular weight excluding hydrogens is 2140 g/mol. The summed E-state index contributed by atoms with van der Waals surface area (Å²) in [6.45, 7) is 13.0. The third-order valence-corrected chi connectivity index (χ3v) is 28.8. The highest BCUT2D eigenvalue weighted by molar-refractivity contribution is 8.08. The minimum atomic E-state index is -4.02. The van der Waals surface area contributed by atoms with Crippen molar-refractivity contribution in [2.24, 2.45) is 11.7 Å². The van der Waals surface area contributed by atoms with Crippen molar-refractivity contribution in [2.75, 3.05) is 279 Å². The first-order valence-corrected chi connectivity index (χ1v) is 62.3. The van der Waals surface area contributed by atoms with Crippen LogP contribution < -0.4 is 40.4 Å². The predicted octanol–water partition coefficient (Wildman–Crippen LogP) is -3.51. The number of ether oxygens (including phenoxy) is 23. The van der Waals surface area contributed by atoms with Gasteiger partial charge in [0.15, 0.2) is 6.29 Å². The van der Waals surface area contributed by atoms with Gasteiger partial charge < -0.3 is 204 Å². The number of ketones is 1. The second kappa shape index (κ2) is 77.5. The molecule has 9 rings (SSSR count). The van der Waals surface area contributed by atoms with Crippen LogP contribution in [0.1, 0.15) is 32.6 Å². The summed E-state index contributed by atoms with van der Waals surface area (Å²) in [6, 6.07) is -5.44. The van der Waals surface area contributed by atoms with Gasteiger partial charge in [-0.05, 0) is 79.8 Å². The molecule has 1 amide bonds. The lowest BCUT2D eigenvalue weighted by Gasteiger charge is -2.41. The highest BCUT2D eigenvalue weighted by Crippen LogP contribution is 2.50. The van der Waals surface area contributed by atoms with E-state index < -0.39 is 186 Å². The van der Waals surface area contributed by atoms with Crippen LogP contribution in [0.25, 0.3) is 0 Å². The van der Waals surface area contributed by atoms with E-state index in [2.05, 4.69) is 20.4 Å². The lowest BCUT2D eigenvalue weighted by Crippen LogP contribution is -2.48. The number of amides is 1. The molecule has 0 aromatic carbocycles.